The van der Waals surface area contributed by atoms with Crippen LogP contribution in [0.5, 0.6) is 0 Å². The fourth-order valence-corrected chi connectivity index (χ4v) is 3.76. The first-order valence-electron chi connectivity index (χ1n) is 9.37. The Hall–Kier alpha value is -2.50. The number of Topliss-reactive ketones (excluding diaryl/α,β-unsaturated/α-hetero) is 1. The Morgan fingerprint density at radius 1 is 1.26 bits per heavy atom. The average Bonchev–Trinajstić information content (AvgIpc) is 3.13. The van der Waals surface area contributed by atoms with E-state index in [0.717, 1.165) is 28.5 Å². The highest BCUT2D eigenvalue weighted by molar-refractivity contribution is 6.09. The number of hydrogen-bond acceptors (Lipinski definition) is 3. The molecule has 0 bridgehead atoms. The quantitative estimate of drug-likeness (QED) is 0.691. The van der Waals surface area contributed by atoms with Gasteiger partial charge in [-0.3, -0.25) is 9.69 Å². The van der Waals surface area contributed by atoms with E-state index >= 15 is 0 Å². The van der Waals surface area contributed by atoms with E-state index in [1.807, 2.05) is 18.3 Å². The van der Waals surface area contributed by atoms with Crippen LogP contribution in [0.25, 0.3) is 10.9 Å². The lowest BCUT2D eigenvalue weighted by Crippen LogP contribution is -2.41. The molecule has 0 unspecified atom stereocenters. The maximum absolute atomic E-state index is 13.1. The molecule has 1 fully saturated rings. The van der Waals surface area contributed by atoms with Crippen molar-refractivity contribution >= 4 is 16.7 Å². The van der Waals surface area contributed by atoms with Crippen LogP contribution in [0.3, 0.4) is 0 Å². The number of halogens is 1. The zero-order chi connectivity index (χ0) is 18.8. The molecule has 0 radical (unpaired) electrons. The predicted octanol–water partition coefficient (Wildman–Crippen LogP) is 4.13. The third kappa shape index (κ3) is 3.66. The molecular formula is C22H23FN2O2. The number of carbonyl (C=O) groups excluding carboxylic acids is 1. The van der Waals surface area contributed by atoms with Crippen LogP contribution < -0.4 is 0 Å². The Balaban J connectivity index is 1.49. The van der Waals surface area contributed by atoms with Crippen molar-refractivity contribution in [2.75, 3.05) is 26.2 Å². The molecule has 140 valence electrons. The number of H-pyrrole nitrogens is 1. The van der Waals surface area contributed by atoms with Gasteiger partial charge in [0.05, 0.1) is 19.3 Å². The van der Waals surface area contributed by atoms with E-state index < -0.39 is 0 Å². The van der Waals surface area contributed by atoms with E-state index in [9.17, 15) is 9.18 Å². The van der Waals surface area contributed by atoms with Gasteiger partial charge in [-0.2, -0.15) is 0 Å². The first kappa shape index (κ1) is 17.9. The SMILES string of the molecule is CCc1cccc2c(C(=O)CN3CCO[C@H](c4ccc(F)cc4)C3)c[nH]c12. The molecule has 2 aromatic carbocycles. The molecule has 1 aromatic heterocycles. The summed E-state index contributed by atoms with van der Waals surface area (Å²) in [6, 6.07) is 12.5. The Morgan fingerprint density at radius 2 is 2.07 bits per heavy atom. The van der Waals surface area contributed by atoms with Crippen molar-refractivity contribution in [2.45, 2.75) is 19.4 Å². The van der Waals surface area contributed by atoms with Crippen molar-refractivity contribution in [2.24, 2.45) is 0 Å². The molecule has 0 saturated carbocycles. The van der Waals surface area contributed by atoms with Crippen molar-refractivity contribution in [3.8, 4) is 0 Å². The third-order valence-electron chi connectivity index (χ3n) is 5.24. The topological polar surface area (TPSA) is 45.3 Å². The monoisotopic (exact) mass is 366 g/mol. The van der Waals surface area contributed by atoms with Gasteiger partial charge in [0.1, 0.15) is 5.82 Å². The third-order valence-corrected chi connectivity index (χ3v) is 5.24. The molecule has 1 saturated heterocycles. The van der Waals surface area contributed by atoms with Gasteiger partial charge in [0.25, 0.3) is 0 Å². The molecule has 1 N–H and O–H groups in total. The number of hydrogen-bond donors (Lipinski definition) is 1. The normalized spacial score (nSPS) is 18.1. The van der Waals surface area contributed by atoms with Crippen LogP contribution in [-0.2, 0) is 11.2 Å². The van der Waals surface area contributed by atoms with Gasteiger partial charge in [-0.1, -0.05) is 37.3 Å². The summed E-state index contributed by atoms with van der Waals surface area (Å²) in [5.74, 6) is -0.151. The van der Waals surface area contributed by atoms with E-state index in [4.69, 9.17) is 4.74 Å². The lowest BCUT2D eigenvalue weighted by molar-refractivity contribution is -0.0275. The number of benzene rings is 2. The van der Waals surface area contributed by atoms with Crippen LogP contribution in [0.1, 0.15) is 34.5 Å². The zero-order valence-electron chi connectivity index (χ0n) is 15.4. The van der Waals surface area contributed by atoms with Gasteiger partial charge >= 0.3 is 0 Å². The number of nitrogens with one attached hydrogen (secondary N) is 1. The summed E-state index contributed by atoms with van der Waals surface area (Å²) in [6.45, 7) is 4.36. The van der Waals surface area contributed by atoms with Crippen molar-refractivity contribution in [1.29, 1.82) is 0 Å². The molecule has 3 aromatic rings. The van der Waals surface area contributed by atoms with Crippen molar-refractivity contribution in [3.63, 3.8) is 0 Å². The second-order valence-corrected chi connectivity index (χ2v) is 6.96. The highest BCUT2D eigenvalue weighted by Crippen LogP contribution is 2.25. The van der Waals surface area contributed by atoms with E-state index in [0.29, 0.717) is 26.2 Å². The Morgan fingerprint density at radius 3 is 2.85 bits per heavy atom. The van der Waals surface area contributed by atoms with Crippen LogP contribution in [-0.4, -0.2) is 41.9 Å². The van der Waals surface area contributed by atoms with Gasteiger partial charge in [-0.25, -0.2) is 4.39 Å². The van der Waals surface area contributed by atoms with Crippen molar-refractivity contribution < 1.29 is 13.9 Å². The van der Waals surface area contributed by atoms with Crippen LogP contribution in [0.15, 0.2) is 48.7 Å². The fraction of sp³-hybridized carbons (Fsp3) is 0.318. The summed E-state index contributed by atoms with van der Waals surface area (Å²) >= 11 is 0. The number of nitrogens with zero attached hydrogens (tertiary/aromatic N) is 1. The number of aromatic nitrogens is 1. The number of morpholine rings is 1. The molecule has 0 aliphatic carbocycles. The maximum Gasteiger partial charge on any atom is 0.178 e. The molecular weight excluding hydrogens is 343 g/mol. The lowest BCUT2D eigenvalue weighted by atomic mass is 10.0. The molecule has 2 heterocycles. The van der Waals surface area contributed by atoms with Gasteiger partial charge < -0.3 is 9.72 Å². The Kier molecular flexibility index (Phi) is 5.05. The molecule has 4 rings (SSSR count). The van der Waals surface area contributed by atoms with Gasteiger partial charge in [-0.15, -0.1) is 0 Å². The minimum absolute atomic E-state index is 0.106. The molecule has 0 spiro atoms. The number of rotatable bonds is 5. The van der Waals surface area contributed by atoms with E-state index in [2.05, 4.69) is 22.9 Å². The molecule has 1 aliphatic heterocycles. The largest absolute Gasteiger partial charge is 0.371 e. The number of para-hydroxylation sites is 1. The number of fused-ring (bicyclic) bond motifs is 1. The average molecular weight is 366 g/mol. The number of ether oxygens (including phenoxy) is 1. The molecule has 1 aliphatic rings. The standard InChI is InChI=1S/C22H23FN2O2/c1-2-15-4-3-5-18-19(12-24-22(15)18)20(26)13-25-10-11-27-21(14-25)16-6-8-17(23)9-7-16/h3-9,12,21,24H,2,10-11,13-14H2,1H3/t21-/m0/s1. The molecule has 27 heavy (non-hydrogen) atoms. The van der Waals surface area contributed by atoms with E-state index in [1.54, 1.807) is 12.1 Å². The van der Waals surface area contributed by atoms with Gasteiger partial charge in [0.2, 0.25) is 0 Å². The summed E-state index contributed by atoms with van der Waals surface area (Å²) in [4.78, 5) is 18.3. The molecule has 5 heteroatoms. The van der Waals surface area contributed by atoms with E-state index in [-0.39, 0.29) is 17.7 Å². The van der Waals surface area contributed by atoms with Crippen LogP contribution >= 0.6 is 0 Å². The smallest absolute Gasteiger partial charge is 0.178 e. The fourth-order valence-electron chi connectivity index (χ4n) is 3.76. The summed E-state index contributed by atoms with van der Waals surface area (Å²) in [6.07, 6.45) is 2.61. The zero-order valence-corrected chi connectivity index (χ0v) is 15.4. The number of ketones is 1. The Labute approximate surface area is 157 Å². The van der Waals surface area contributed by atoms with E-state index in [1.165, 1.54) is 17.7 Å². The van der Waals surface area contributed by atoms with Crippen LogP contribution in [0.2, 0.25) is 0 Å². The molecule has 0 amide bonds. The second kappa shape index (κ2) is 7.62. The summed E-state index contributed by atoms with van der Waals surface area (Å²) in [5.41, 5.74) is 3.95. The predicted molar refractivity (Wildman–Crippen MR) is 104 cm³/mol. The van der Waals surface area contributed by atoms with Gasteiger partial charge in [0, 0.05) is 35.8 Å². The highest BCUT2D eigenvalue weighted by atomic mass is 19.1. The molecule has 1 atom stereocenters. The minimum atomic E-state index is -0.257. The van der Waals surface area contributed by atoms with Crippen LogP contribution in [0, 0.1) is 5.82 Å². The summed E-state index contributed by atoms with van der Waals surface area (Å²) in [5, 5.41) is 0.989. The first-order chi connectivity index (χ1) is 13.2. The van der Waals surface area contributed by atoms with Crippen molar-refractivity contribution in [1.82, 2.24) is 9.88 Å². The number of aryl methyl sites for hydroxylation is 1. The minimum Gasteiger partial charge on any atom is -0.371 e. The number of carbonyl (C=O) groups is 1. The lowest BCUT2D eigenvalue weighted by Gasteiger charge is -2.32. The Bertz CT molecular complexity index is 949. The van der Waals surface area contributed by atoms with Gasteiger partial charge in [0.15, 0.2) is 5.78 Å². The molecule has 4 nitrogen and oxygen atoms in total. The highest BCUT2D eigenvalue weighted by Gasteiger charge is 2.24. The summed E-state index contributed by atoms with van der Waals surface area (Å²) in [7, 11) is 0. The number of aromatic amines is 1. The van der Waals surface area contributed by atoms with Crippen LogP contribution in [0.4, 0.5) is 4.39 Å². The summed E-state index contributed by atoms with van der Waals surface area (Å²) < 4.78 is 19.0. The van der Waals surface area contributed by atoms with Gasteiger partial charge in [-0.05, 0) is 29.7 Å². The second-order valence-electron chi connectivity index (χ2n) is 6.96. The maximum atomic E-state index is 13.1. The van der Waals surface area contributed by atoms with Crippen molar-refractivity contribution in [3.05, 3.63) is 71.2 Å². The first-order valence-corrected chi connectivity index (χ1v) is 9.37.